The Morgan fingerprint density at radius 3 is 2.29 bits per heavy atom. The second-order valence-corrected chi connectivity index (χ2v) is 4.29. The van der Waals surface area contributed by atoms with Crippen LogP contribution in [0.25, 0.3) is 0 Å². The van der Waals surface area contributed by atoms with Crippen LogP contribution in [0, 0.1) is 0 Å². The zero-order chi connectivity index (χ0) is 13.1. The zero-order valence-corrected chi connectivity index (χ0v) is 11.2. The van der Waals surface area contributed by atoms with Crippen molar-refractivity contribution < 1.29 is 9.90 Å². The highest BCUT2D eigenvalue weighted by atomic mass is 16.2. The van der Waals surface area contributed by atoms with Crippen LogP contribution in [0.5, 0.6) is 0 Å². The number of carbonyl (C=O) groups excluding carboxylic acids is 1. The van der Waals surface area contributed by atoms with Crippen molar-refractivity contribution in [3.8, 4) is 0 Å². The number of ketones is 1. The van der Waals surface area contributed by atoms with Crippen LogP contribution in [0.4, 0.5) is 0 Å². The number of hydrogen-bond acceptors (Lipinski definition) is 2. The van der Waals surface area contributed by atoms with Crippen LogP contribution < -0.4 is 0 Å². The number of aliphatic hydroxyl groups is 1. The molecule has 0 saturated carbocycles. The van der Waals surface area contributed by atoms with Crippen molar-refractivity contribution in [2.75, 3.05) is 6.61 Å². The van der Waals surface area contributed by atoms with Crippen molar-refractivity contribution in [3.63, 3.8) is 0 Å². The minimum absolute atomic E-state index is 0.117. The fourth-order valence-electron chi connectivity index (χ4n) is 1.50. The molecule has 0 amide bonds. The van der Waals surface area contributed by atoms with Crippen molar-refractivity contribution in [1.29, 1.82) is 0 Å². The first-order chi connectivity index (χ1) is 8.10. The number of carbonyl (C=O) groups is 1. The second-order valence-electron chi connectivity index (χ2n) is 4.29. The molecule has 0 rings (SSSR count). The van der Waals surface area contributed by atoms with Gasteiger partial charge in [-0.1, -0.05) is 29.4 Å². The fraction of sp³-hybridized carbons (Fsp3) is 0.533. The summed E-state index contributed by atoms with van der Waals surface area (Å²) in [4.78, 5) is 11.3. The first-order valence-corrected chi connectivity index (χ1v) is 6.17. The van der Waals surface area contributed by atoms with E-state index < -0.39 is 0 Å². The van der Waals surface area contributed by atoms with E-state index in [4.69, 9.17) is 5.11 Å². The van der Waals surface area contributed by atoms with E-state index in [0.717, 1.165) is 19.3 Å². The molecular formula is C15H24O2. The Morgan fingerprint density at radius 1 is 1.06 bits per heavy atom. The molecule has 0 radical (unpaired) electrons. The quantitative estimate of drug-likeness (QED) is 0.516. The van der Waals surface area contributed by atoms with Crippen LogP contribution in [-0.4, -0.2) is 17.5 Å². The average Bonchev–Trinajstić information content (AvgIpc) is 2.27. The maximum absolute atomic E-state index is 11.3. The summed E-state index contributed by atoms with van der Waals surface area (Å²) in [6, 6.07) is 0. The molecule has 0 heterocycles. The maximum atomic E-state index is 11.3. The standard InChI is InChI=1S/C15H24O2/c1-4-6-15(17)10-9-13(2)7-5-8-14(3)11-12-16/h4,6-7,11,16H,5,8-10,12H2,1-3H3. The van der Waals surface area contributed by atoms with Gasteiger partial charge in [0, 0.05) is 6.42 Å². The van der Waals surface area contributed by atoms with E-state index in [-0.39, 0.29) is 12.4 Å². The molecule has 0 aliphatic carbocycles. The maximum Gasteiger partial charge on any atom is 0.155 e. The van der Waals surface area contributed by atoms with Crippen LogP contribution >= 0.6 is 0 Å². The van der Waals surface area contributed by atoms with Gasteiger partial charge in [-0.25, -0.2) is 0 Å². The third-order valence-electron chi connectivity index (χ3n) is 2.59. The van der Waals surface area contributed by atoms with Gasteiger partial charge in [0.25, 0.3) is 0 Å². The average molecular weight is 236 g/mol. The molecule has 2 nitrogen and oxygen atoms in total. The van der Waals surface area contributed by atoms with Gasteiger partial charge in [0.15, 0.2) is 5.78 Å². The van der Waals surface area contributed by atoms with Crippen LogP contribution in [0.1, 0.15) is 46.5 Å². The second kappa shape index (κ2) is 10.0. The van der Waals surface area contributed by atoms with Crippen LogP contribution in [-0.2, 0) is 4.79 Å². The van der Waals surface area contributed by atoms with Gasteiger partial charge in [0.2, 0.25) is 0 Å². The Bertz CT molecular complexity index is 309. The van der Waals surface area contributed by atoms with Crippen molar-refractivity contribution in [2.24, 2.45) is 0 Å². The largest absolute Gasteiger partial charge is 0.392 e. The van der Waals surface area contributed by atoms with Gasteiger partial charge < -0.3 is 5.11 Å². The van der Waals surface area contributed by atoms with Crippen molar-refractivity contribution in [3.05, 3.63) is 35.5 Å². The summed E-state index contributed by atoms with van der Waals surface area (Å²) in [7, 11) is 0. The van der Waals surface area contributed by atoms with Crippen molar-refractivity contribution >= 4 is 5.78 Å². The highest BCUT2D eigenvalue weighted by Gasteiger charge is 1.97. The lowest BCUT2D eigenvalue weighted by atomic mass is 10.1. The SMILES string of the molecule is CC=CC(=O)CCC(C)=CCCC(C)=CCO. The van der Waals surface area contributed by atoms with E-state index in [9.17, 15) is 4.79 Å². The predicted octanol–water partition coefficient (Wildman–Crippen LogP) is 3.58. The molecule has 0 unspecified atom stereocenters. The summed E-state index contributed by atoms with van der Waals surface area (Å²) in [6.07, 6.45) is 10.8. The molecule has 0 spiro atoms. The Balaban J connectivity index is 3.87. The van der Waals surface area contributed by atoms with Crippen LogP contribution in [0.3, 0.4) is 0 Å². The highest BCUT2D eigenvalue weighted by molar-refractivity contribution is 5.89. The summed E-state index contributed by atoms with van der Waals surface area (Å²) in [5, 5.41) is 8.71. The third-order valence-corrected chi connectivity index (χ3v) is 2.59. The normalized spacial score (nSPS) is 13.4. The molecule has 0 aromatic heterocycles. The molecule has 96 valence electrons. The molecule has 0 fully saturated rings. The third kappa shape index (κ3) is 9.76. The molecular weight excluding hydrogens is 212 g/mol. The smallest absolute Gasteiger partial charge is 0.155 e. The summed E-state index contributed by atoms with van der Waals surface area (Å²) >= 11 is 0. The summed E-state index contributed by atoms with van der Waals surface area (Å²) in [6.45, 7) is 6.06. The molecule has 0 atom stereocenters. The van der Waals surface area contributed by atoms with E-state index in [1.165, 1.54) is 11.1 Å². The van der Waals surface area contributed by atoms with Gasteiger partial charge in [-0.3, -0.25) is 4.79 Å². The van der Waals surface area contributed by atoms with E-state index >= 15 is 0 Å². The van der Waals surface area contributed by atoms with Crippen molar-refractivity contribution in [1.82, 2.24) is 0 Å². The molecule has 17 heavy (non-hydrogen) atoms. The minimum Gasteiger partial charge on any atom is -0.392 e. The number of rotatable bonds is 8. The van der Waals surface area contributed by atoms with Gasteiger partial charge in [-0.05, 0) is 46.1 Å². The highest BCUT2D eigenvalue weighted by Crippen LogP contribution is 2.10. The molecule has 0 aromatic carbocycles. The molecule has 2 heteroatoms. The van der Waals surface area contributed by atoms with Gasteiger partial charge >= 0.3 is 0 Å². The molecule has 0 aromatic rings. The molecule has 0 saturated heterocycles. The van der Waals surface area contributed by atoms with Crippen molar-refractivity contribution in [2.45, 2.75) is 46.5 Å². The molecule has 0 aliphatic heterocycles. The Kier molecular flexibility index (Phi) is 9.35. The Hall–Kier alpha value is -1.15. The van der Waals surface area contributed by atoms with E-state index in [0.29, 0.717) is 6.42 Å². The van der Waals surface area contributed by atoms with Gasteiger partial charge in [0.1, 0.15) is 0 Å². The number of allylic oxidation sites excluding steroid dienone is 5. The van der Waals surface area contributed by atoms with E-state index in [1.807, 2.05) is 19.9 Å². The minimum atomic E-state index is 0.117. The van der Waals surface area contributed by atoms with Crippen LogP contribution in [0.15, 0.2) is 35.5 Å². The Morgan fingerprint density at radius 2 is 1.71 bits per heavy atom. The van der Waals surface area contributed by atoms with Crippen LogP contribution in [0.2, 0.25) is 0 Å². The van der Waals surface area contributed by atoms with Gasteiger partial charge in [-0.15, -0.1) is 0 Å². The zero-order valence-electron chi connectivity index (χ0n) is 11.2. The van der Waals surface area contributed by atoms with Gasteiger partial charge in [-0.2, -0.15) is 0 Å². The van der Waals surface area contributed by atoms with E-state index in [2.05, 4.69) is 13.0 Å². The summed E-state index contributed by atoms with van der Waals surface area (Å²) < 4.78 is 0. The van der Waals surface area contributed by atoms with Gasteiger partial charge in [0.05, 0.1) is 6.61 Å². The summed E-state index contributed by atoms with van der Waals surface area (Å²) in [5.74, 6) is 0.191. The lowest BCUT2D eigenvalue weighted by Crippen LogP contribution is -1.92. The predicted molar refractivity (Wildman–Crippen MR) is 72.9 cm³/mol. The Labute approximate surface area is 105 Å². The monoisotopic (exact) mass is 236 g/mol. The topological polar surface area (TPSA) is 37.3 Å². The number of hydrogen-bond donors (Lipinski definition) is 1. The molecule has 0 aliphatic rings. The molecule has 0 bridgehead atoms. The first-order valence-electron chi connectivity index (χ1n) is 6.17. The number of aliphatic hydroxyl groups excluding tert-OH is 1. The fourth-order valence-corrected chi connectivity index (χ4v) is 1.50. The first kappa shape index (κ1) is 15.9. The molecule has 1 N–H and O–H groups in total. The lowest BCUT2D eigenvalue weighted by Gasteiger charge is -2.00. The summed E-state index contributed by atoms with van der Waals surface area (Å²) in [5.41, 5.74) is 2.47. The van der Waals surface area contributed by atoms with E-state index in [1.54, 1.807) is 12.2 Å². The lowest BCUT2D eigenvalue weighted by molar-refractivity contribution is -0.114.